The minimum absolute atomic E-state index is 0.0496. The molecule has 2 rings (SSSR count). The SMILES string of the molecule is COc1cc([N+](=O)[O-])ccc1NC(=O)Cn1ccc(C)n1. The number of aromatic nitrogens is 2. The molecule has 0 spiro atoms. The molecule has 1 aromatic heterocycles. The molecule has 2 aromatic rings. The van der Waals surface area contributed by atoms with E-state index in [2.05, 4.69) is 10.4 Å². The summed E-state index contributed by atoms with van der Waals surface area (Å²) < 4.78 is 6.55. The molecule has 1 amide bonds. The number of nitro benzene ring substituents is 1. The summed E-state index contributed by atoms with van der Waals surface area (Å²) in [6.45, 7) is 1.88. The zero-order valence-electron chi connectivity index (χ0n) is 11.6. The van der Waals surface area contributed by atoms with Gasteiger partial charge in [-0.2, -0.15) is 5.10 Å². The second-order valence-electron chi connectivity index (χ2n) is 4.34. The topological polar surface area (TPSA) is 99.3 Å². The molecular weight excluding hydrogens is 276 g/mol. The molecule has 0 saturated carbocycles. The van der Waals surface area contributed by atoms with Crippen LogP contribution in [-0.4, -0.2) is 27.7 Å². The van der Waals surface area contributed by atoms with Crippen LogP contribution in [0, 0.1) is 17.0 Å². The summed E-state index contributed by atoms with van der Waals surface area (Å²) >= 11 is 0. The van der Waals surface area contributed by atoms with E-state index in [0.717, 1.165) is 5.69 Å². The zero-order chi connectivity index (χ0) is 15.4. The van der Waals surface area contributed by atoms with Crippen LogP contribution in [0.5, 0.6) is 5.75 Å². The summed E-state index contributed by atoms with van der Waals surface area (Å²) in [7, 11) is 1.38. The van der Waals surface area contributed by atoms with Crippen molar-refractivity contribution in [2.75, 3.05) is 12.4 Å². The summed E-state index contributed by atoms with van der Waals surface area (Å²) in [6, 6.07) is 5.78. The number of rotatable bonds is 5. The first kappa shape index (κ1) is 14.5. The molecule has 8 nitrogen and oxygen atoms in total. The molecule has 0 aliphatic rings. The van der Waals surface area contributed by atoms with Crippen LogP contribution in [0.25, 0.3) is 0 Å². The highest BCUT2D eigenvalue weighted by molar-refractivity contribution is 5.92. The fourth-order valence-electron chi connectivity index (χ4n) is 1.78. The Kier molecular flexibility index (Phi) is 4.17. The summed E-state index contributed by atoms with van der Waals surface area (Å²) in [5.41, 5.74) is 1.08. The van der Waals surface area contributed by atoms with Gasteiger partial charge in [0.05, 0.1) is 29.5 Å². The Morgan fingerprint density at radius 3 is 2.81 bits per heavy atom. The number of amides is 1. The zero-order valence-corrected chi connectivity index (χ0v) is 11.6. The summed E-state index contributed by atoms with van der Waals surface area (Å²) in [4.78, 5) is 22.1. The first-order valence-corrected chi connectivity index (χ1v) is 6.12. The molecule has 1 N–H and O–H groups in total. The molecule has 0 aliphatic carbocycles. The van der Waals surface area contributed by atoms with Gasteiger partial charge in [0.15, 0.2) is 0 Å². The molecule has 0 fully saturated rings. The number of aryl methyl sites for hydroxylation is 1. The van der Waals surface area contributed by atoms with Crippen molar-refractivity contribution in [1.82, 2.24) is 9.78 Å². The van der Waals surface area contributed by atoms with Crippen LogP contribution < -0.4 is 10.1 Å². The van der Waals surface area contributed by atoms with Gasteiger partial charge in [0.25, 0.3) is 5.69 Å². The van der Waals surface area contributed by atoms with Gasteiger partial charge in [0.2, 0.25) is 5.91 Å². The molecule has 0 saturated heterocycles. The van der Waals surface area contributed by atoms with Crippen LogP contribution in [0.15, 0.2) is 30.5 Å². The predicted molar refractivity (Wildman–Crippen MR) is 75.2 cm³/mol. The molecule has 1 heterocycles. The highest BCUT2D eigenvalue weighted by atomic mass is 16.6. The maximum Gasteiger partial charge on any atom is 0.273 e. The van der Waals surface area contributed by atoms with Crippen molar-refractivity contribution in [2.24, 2.45) is 0 Å². The fourth-order valence-corrected chi connectivity index (χ4v) is 1.78. The number of hydrogen-bond acceptors (Lipinski definition) is 5. The van der Waals surface area contributed by atoms with Crippen LogP contribution in [0.2, 0.25) is 0 Å². The Morgan fingerprint density at radius 1 is 1.48 bits per heavy atom. The largest absolute Gasteiger partial charge is 0.494 e. The van der Waals surface area contributed by atoms with Crippen molar-refractivity contribution >= 4 is 17.3 Å². The highest BCUT2D eigenvalue weighted by Gasteiger charge is 2.13. The van der Waals surface area contributed by atoms with Crippen LogP contribution in [0.1, 0.15) is 5.69 Å². The summed E-state index contributed by atoms with van der Waals surface area (Å²) in [5.74, 6) is -0.0700. The molecule has 8 heteroatoms. The van der Waals surface area contributed by atoms with Gasteiger partial charge in [0.1, 0.15) is 12.3 Å². The van der Waals surface area contributed by atoms with Crippen molar-refractivity contribution in [3.8, 4) is 5.75 Å². The molecule has 110 valence electrons. The number of nitrogens with zero attached hydrogens (tertiary/aromatic N) is 3. The average Bonchev–Trinajstić information content (AvgIpc) is 2.84. The van der Waals surface area contributed by atoms with E-state index < -0.39 is 4.92 Å². The average molecular weight is 290 g/mol. The Balaban J connectivity index is 2.11. The smallest absolute Gasteiger partial charge is 0.273 e. The number of benzene rings is 1. The fraction of sp³-hybridized carbons (Fsp3) is 0.231. The monoisotopic (exact) mass is 290 g/mol. The predicted octanol–water partition coefficient (Wildman–Crippen LogP) is 1.75. The maximum atomic E-state index is 11.9. The lowest BCUT2D eigenvalue weighted by Crippen LogP contribution is -2.19. The van der Waals surface area contributed by atoms with Gasteiger partial charge < -0.3 is 10.1 Å². The van der Waals surface area contributed by atoms with Crippen molar-refractivity contribution in [3.63, 3.8) is 0 Å². The Bertz CT molecular complexity index is 681. The van der Waals surface area contributed by atoms with Gasteiger partial charge in [-0.25, -0.2) is 0 Å². The second-order valence-corrected chi connectivity index (χ2v) is 4.34. The number of anilines is 1. The van der Waals surface area contributed by atoms with E-state index >= 15 is 0 Å². The molecule has 0 atom stereocenters. The van der Waals surface area contributed by atoms with E-state index in [4.69, 9.17) is 4.74 Å². The van der Waals surface area contributed by atoms with E-state index in [1.54, 1.807) is 12.3 Å². The third kappa shape index (κ3) is 3.56. The normalized spacial score (nSPS) is 10.2. The Labute approximate surface area is 120 Å². The number of carbonyl (C=O) groups is 1. The summed E-state index contributed by atoms with van der Waals surface area (Å²) in [5, 5.41) is 17.4. The van der Waals surface area contributed by atoms with Crippen molar-refractivity contribution in [2.45, 2.75) is 13.5 Å². The molecule has 21 heavy (non-hydrogen) atoms. The van der Waals surface area contributed by atoms with E-state index in [9.17, 15) is 14.9 Å². The quantitative estimate of drug-likeness (QED) is 0.668. The second kappa shape index (κ2) is 6.04. The van der Waals surface area contributed by atoms with E-state index in [0.29, 0.717) is 5.69 Å². The molecule has 0 bridgehead atoms. The van der Waals surface area contributed by atoms with Gasteiger partial charge >= 0.3 is 0 Å². The van der Waals surface area contributed by atoms with Crippen LogP contribution in [0.4, 0.5) is 11.4 Å². The van der Waals surface area contributed by atoms with Gasteiger partial charge in [0, 0.05) is 12.3 Å². The van der Waals surface area contributed by atoms with E-state index in [1.807, 2.05) is 6.92 Å². The number of ether oxygens (including phenoxy) is 1. The van der Waals surface area contributed by atoms with Crippen LogP contribution in [-0.2, 0) is 11.3 Å². The number of nitro groups is 1. The number of carbonyl (C=O) groups excluding carboxylic acids is 1. The number of nitrogens with one attached hydrogen (secondary N) is 1. The third-order valence-corrected chi connectivity index (χ3v) is 2.75. The number of hydrogen-bond donors (Lipinski definition) is 1. The molecule has 0 radical (unpaired) electrons. The molecular formula is C13H14N4O4. The summed E-state index contributed by atoms with van der Waals surface area (Å²) in [6.07, 6.45) is 1.70. The molecule has 0 aliphatic heterocycles. The highest BCUT2D eigenvalue weighted by Crippen LogP contribution is 2.28. The standard InChI is InChI=1S/C13H14N4O4/c1-9-5-6-16(15-9)8-13(18)14-11-4-3-10(17(19)20)7-12(11)21-2/h3-7H,8H2,1-2H3,(H,14,18). The van der Waals surface area contributed by atoms with E-state index in [-0.39, 0.29) is 23.9 Å². The molecule has 0 unspecified atom stereocenters. The van der Waals surface area contributed by atoms with Gasteiger partial charge in [-0.3, -0.25) is 19.6 Å². The maximum absolute atomic E-state index is 11.9. The van der Waals surface area contributed by atoms with Crippen molar-refractivity contribution < 1.29 is 14.5 Å². The minimum atomic E-state index is -0.527. The van der Waals surface area contributed by atoms with Crippen LogP contribution in [0.3, 0.4) is 0 Å². The van der Waals surface area contributed by atoms with Crippen molar-refractivity contribution in [3.05, 3.63) is 46.3 Å². The first-order chi connectivity index (χ1) is 9.99. The van der Waals surface area contributed by atoms with Crippen LogP contribution >= 0.6 is 0 Å². The lowest BCUT2D eigenvalue weighted by Gasteiger charge is -2.10. The molecule has 1 aromatic carbocycles. The number of methoxy groups -OCH3 is 1. The van der Waals surface area contributed by atoms with Gasteiger partial charge in [-0.1, -0.05) is 0 Å². The third-order valence-electron chi connectivity index (χ3n) is 2.75. The minimum Gasteiger partial charge on any atom is -0.494 e. The lowest BCUT2D eigenvalue weighted by molar-refractivity contribution is -0.384. The Morgan fingerprint density at radius 2 is 2.24 bits per heavy atom. The van der Waals surface area contributed by atoms with E-state index in [1.165, 1.54) is 30.0 Å². The Hall–Kier alpha value is -2.90. The lowest BCUT2D eigenvalue weighted by atomic mass is 10.2. The van der Waals surface area contributed by atoms with Gasteiger partial charge in [-0.15, -0.1) is 0 Å². The van der Waals surface area contributed by atoms with Gasteiger partial charge in [-0.05, 0) is 19.1 Å². The first-order valence-electron chi connectivity index (χ1n) is 6.12. The van der Waals surface area contributed by atoms with Crippen molar-refractivity contribution in [1.29, 1.82) is 0 Å². The number of non-ortho nitro benzene ring substituents is 1.